The smallest absolute Gasteiger partial charge is 0.248 e. The Morgan fingerprint density at radius 3 is 2.43 bits per heavy atom. The van der Waals surface area contributed by atoms with E-state index in [1.165, 1.54) is 13.2 Å². The van der Waals surface area contributed by atoms with Crippen LogP contribution < -0.4 is 14.8 Å². The van der Waals surface area contributed by atoms with E-state index >= 15 is 0 Å². The van der Waals surface area contributed by atoms with E-state index in [9.17, 15) is 4.79 Å². The summed E-state index contributed by atoms with van der Waals surface area (Å²) in [6.45, 7) is 0. The molecule has 0 spiro atoms. The highest BCUT2D eigenvalue weighted by Crippen LogP contribution is 2.27. The molecule has 0 aliphatic rings. The van der Waals surface area contributed by atoms with E-state index in [-0.39, 0.29) is 5.91 Å². The summed E-state index contributed by atoms with van der Waals surface area (Å²) < 4.78 is 11.1. The van der Waals surface area contributed by atoms with Gasteiger partial charge in [-0.05, 0) is 57.9 Å². The first kappa shape index (κ1) is 17.4. The number of amides is 1. The van der Waals surface area contributed by atoms with Crippen molar-refractivity contribution >= 4 is 45.2 Å². The number of hydrogen-bond acceptors (Lipinski definition) is 3. The number of hydrogen-bond donors (Lipinski definition) is 1. The van der Waals surface area contributed by atoms with Crippen LogP contribution in [-0.2, 0) is 4.79 Å². The summed E-state index contributed by atoms with van der Waals surface area (Å²) in [5.74, 6) is 1.04. The van der Waals surface area contributed by atoms with Gasteiger partial charge in [0, 0.05) is 11.8 Å². The quantitative estimate of drug-likeness (QED) is 0.741. The van der Waals surface area contributed by atoms with Crippen LogP contribution >= 0.6 is 27.5 Å². The van der Waals surface area contributed by atoms with E-state index in [4.69, 9.17) is 21.1 Å². The maximum Gasteiger partial charge on any atom is 0.248 e. The number of carbonyl (C=O) groups excluding carboxylic acids is 1. The van der Waals surface area contributed by atoms with Gasteiger partial charge < -0.3 is 14.8 Å². The van der Waals surface area contributed by atoms with E-state index in [0.717, 1.165) is 15.8 Å². The Kier molecular flexibility index (Phi) is 6.07. The monoisotopic (exact) mass is 395 g/mol. The lowest BCUT2D eigenvalue weighted by Crippen LogP contribution is -2.07. The molecule has 0 atom stereocenters. The van der Waals surface area contributed by atoms with E-state index in [0.29, 0.717) is 16.5 Å². The second-order valence-corrected chi connectivity index (χ2v) is 5.83. The molecule has 2 rings (SSSR count). The fourth-order valence-electron chi connectivity index (χ4n) is 1.89. The van der Waals surface area contributed by atoms with Gasteiger partial charge in [-0.25, -0.2) is 0 Å². The Labute approximate surface area is 148 Å². The minimum absolute atomic E-state index is 0.252. The average molecular weight is 397 g/mol. The molecule has 2 aromatic carbocycles. The molecule has 2 aromatic rings. The third kappa shape index (κ3) is 4.74. The van der Waals surface area contributed by atoms with Crippen LogP contribution in [0.3, 0.4) is 0 Å². The number of nitrogens with one attached hydrogen (secondary N) is 1. The van der Waals surface area contributed by atoms with Crippen molar-refractivity contribution in [1.29, 1.82) is 0 Å². The van der Waals surface area contributed by atoms with Crippen molar-refractivity contribution < 1.29 is 14.3 Å². The Balaban J connectivity index is 2.04. The molecule has 23 heavy (non-hydrogen) atoms. The highest BCUT2D eigenvalue weighted by molar-refractivity contribution is 9.10. The van der Waals surface area contributed by atoms with Crippen molar-refractivity contribution in [3.05, 3.63) is 57.5 Å². The van der Waals surface area contributed by atoms with Crippen LogP contribution in [0.2, 0.25) is 5.02 Å². The van der Waals surface area contributed by atoms with Crippen LogP contribution in [0.1, 0.15) is 5.56 Å². The maximum absolute atomic E-state index is 12.0. The Bertz CT molecular complexity index is 747. The second-order valence-electron chi connectivity index (χ2n) is 4.57. The first-order valence-electron chi connectivity index (χ1n) is 6.69. The zero-order chi connectivity index (χ0) is 16.8. The molecule has 0 fully saturated rings. The van der Waals surface area contributed by atoms with Gasteiger partial charge in [0.05, 0.1) is 23.7 Å². The summed E-state index contributed by atoms with van der Waals surface area (Å²) in [6.07, 6.45) is 3.16. The van der Waals surface area contributed by atoms with Crippen molar-refractivity contribution in [1.82, 2.24) is 0 Å². The van der Waals surface area contributed by atoms with Crippen LogP contribution in [0.4, 0.5) is 5.69 Å². The molecule has 4 nitrogen and oxygen atoms in total. The minimum atomic E-state index is -0.252. The van der Waals surface area contributed by atoms with E-state index in [1.807, 2.05) is 18.2 Å². The SMILES string of the molecule is COc1ccc(NC(=O)C=Cc2ccc(OC)c(Br)c2)cc1Cl. The van der Waals surface area contributed by atoms with Gasteiger partial charge in [0.2, 0.25) is 5.91 Å². The number of rotatable bonds is 5. The van der Waals surface area contributed by atoms with Gasteiger partial charge in [0.15, 0.2) is 0 Å². The fraction of sp³-hybridized carbons (Fsp3) is 0.118. The van der Waals surface area contributed by atoms with E-state index in [1.54, 1.807) is 31.4 Å². The molecule has 120 valence electrons. The third-order valence-electron chi connectivity index (χ3n) is 3.02. The standard InChI is InChI=1S/C17H15BrClNO3/c1-22-15-6-3-11(9-13(15)18)4-8-17(21)20-12-5-7-16(23-2)14(19)10-12/h3-10H,1-2H3,(H,20,21). The Morgan fingerprint density at radius 2 is 1.83 bits per heavy atom. The van der Waals surface area contributed by atoms with Gasteiger partial charge in [-0.2, -0.15) is 0 Å². The molecule has 0 heterocycles. The molecular weight excluding hydrogens is 382 g/mol. The predicted octanol–water partition coefficient (Wildman–Crippen LogP) is 4.77. The van der Waals surface area contributed by atoms with Crippen LogP contribution in [-0.4, -0.2) is 20.1 Å². The highest BCUT2D eigenvalue weighted by Gasteiger charge is 2.04. The fourth-order valence-corrected chi connectivity index (χ4v) is 2.70. The molecule has 0 aromatic heterocycles. The molecule has 6 heteroatoms. The van der Waals surface area contributed by atoms with E-state index in [2.05, 4.69) is 21.2 Å². The van der Waals surface area contributed by atoms with Crippen molar-refractivity contribution in [2.45, 2.75) is 0 Å². The molecule has 0 unspecified atom stereocenters. The molecule has 0 aliphatic heterocycles. The Hall–Kier alpha value is -1.98. The maximum atomic E-state index is 12.0. The largest absolute Gasteiger partial charge is 0.496 e. The molecule has 1 N–H and O–H groups in total. The first-order chi connectivity index (χ1) is 11.0. The second kappa shape index (κ2) is 8.04. The van der Waals surface area contributed by atoms with E-state index < -0.39 is 0 Å². The molecule has 0 saturated heterocycles. The molecule has 0 bridgehead atoms. The summed E-state index contributed by atoms with van der Waals surface area (Å²) in [6, 6.07) is 10.6. The highest BCUT2D eigenvalue weighted by atomic mass is 79.9. The normalized spacial score (nSPS) is 10.6. The predicted molar refractivity (Wildman–Crippen MR) is 96.4 cm³/mol. The van der Waals surface area contributed by atoms with Gasteiger partial charge in [-0.15, -0.1) is 0 Å². The summed E-state index contributed by atoms with van der Waals surface area (Å²) >= 11 is 9.42. The summed E-state index contributed by atoms with van der Waals surface area (Å²) in [7, 11) is 3.14. The molecule has 0 aliphatic carbocycles. The van der Waals surface area contributed by atoms with Crippen molar-refractivity contribution in [3.63, 3.8) is 0 Å². The average Bonchev–Trinajstić information content (AvgIpc) is 2.53. The lowest BCUT2D eigenvalue weighted by molar-refractivity contribution is -0.111. The van der Waals surface area contributed by atoms with Crippen LogP contribution in [0.5, 0.6) is 11.5 Å². The van der Waals surface area contributed by atoms with Gasteiger partial charge in [-0.1, -0.05) is 17.7 Å². The van der Waals surface area contributed by atoms with Crippen LogP contribution in [0.25, 0.3) is 6.08 Å². The number of carbonyl (C=O) groups is 1. The van der Waals surface area contributed by atoms with Crippen molar-refractivity contribution in [2.75, 3.05) is 19.5 Å². The number of benzene rings is 2. The lowest BCUT2D eigenvalue weighted by atomic mass is 10.2. The summed E-state index contributed by atoms with van der Waals surface area (Å²) in [5.41, 5.74) is 1.47. The Morgan fingerprint density at radius 1 is 1.13 bits per heavy atom. The zero-order valence-electron chi connectivity index (χ0n) is 12.6. The molecule has 0 radical (unpaired) electrons. The lowest BCUT2D eigenvalue weighted by Gasteiger charge is -2.06. The number of anilines is 1. The van der Waals surface area contributed by atoms with Crippen molar-refractivity contribution in [2.24, 2.45) is 0 Å². The minimum Gasteiger partial charge on any atom is -0.496 e. The number of halogens is 2. The van der Waals surface area contributed by atoms with Crippen molar-refractivity contribution in [3.8, 4) is 11.5 Å². The number of methoxy groups -OCH3 is 2. The topological polar surface area (TPSA) is 47.6 Å². The number of ether oxygens (including phenoxy) is 2. The van der Waals surface area contributed by atoms with Gasteiger partial charge in [-0.3, -0.25) is 4.79 Å². The molecule has 1 amide bonds. The van der Waals surface area contributed by atoms with Gasteiger partial charge >= 0.3 is 0 Å². The van der Waals surface area contributed by atoms with Crippen LogP contribution in [0, 0.1) is 0 Å². The first-order valence-corrected chi connectivity index (χ1v) is 7.86. The third-order valence-corrected chi connectivity index (χ3v) is 3.94. The zero-order valence-corrected chi connectivity index (χ0v) is 14.9. The molecule has 0 saturated carbocycles. The summed E-state index contributed by atoms with van der Waals surface area (Å²) in [5, 5.41) is 3.18. The van der Waals surface area contributed by atoms with Gasteiger partial charge in [0.1, 0.15) is 11.5 Å². The molecular formula is C17H15BrClNO3. The summed E-state index contributed by atoms with van der Waals surface area (Å²) in [4.78, 5) is 12.0. The van der Waals surface area contributed by atoms with Gasteiger partial charge in [0.25, 0.3) is 0 Å². The van der Waals surface area contributed by atoms with Crippen LogP contribution in [0.15, 0.2) is 46.9 Å².